The van der Waals surface area contributed by atoms with Crippen molar-refractivity contribution in [3.8, 4) is 6.07 Å². The Morgan fingerprint density at radius 3 is 2.53 bits per heavy atom. The van der Waals surface area contributed by atoms with E-state index in [-0.39, 0.29) is 24.5 Å². The van der Waals surface area contributed by atoms with Gasteiger partial charge in [0.2, 0.25) is 0 Å². The van der Waals surface area contributed by atoms with Crippen molar-refractivity contribution in [2.45, 2.75) is 58.5 Å². The van der Waals surface area contributed by atoms with E-state index in [1.54, 1.807) is 34.5 Å². The lowest BCUT2D eigenvalue weighted by atomic mass is 9.95. The zero-order chi connectivity index (χ0) is 24.9. The number of piperazine rings is 1. The number of anilines is 1. The van der Waals surface area contributed by atoms with Gasteiger partial charge in [-0.05, 0) is 61.6 Å². The third-order valence-electron chi connectivity index (χ3n) is 6.93. The van der Waals surface area contributed by atoms with E-state index >= 15 is 0 Å². The number of hydrogen-bond acceptors (Lipinski definition) is 4. The molecule has 0 radical (unpaired) electrons. The fourth-order valence-electron chi connectivity index (χ4n) is 4.82. The Hall–Kier alpha value is -3.63. The molecule has 0 aliphatic carbocycles. The van der Waals surface area contributed by atoms with Gasteiger partial charge in [-0.25, -0.2) is 4.98 Å². The number of nitrogens with zero attached hydrogens (tertiary/aromatic N) is 4. The quantitative estimate of drug-likeness (QED) is 0.434. The predicted molar refractivity (Wildman–Crippen MR) is 142 cm³/mol. The topological polar surface area (TPSA) is 93.1 Å². The first-order valence-electron chi connectivity index (χ1n) is 12.1. The maximum atomic E-state index is 13.8. The molecule has 1 aliphatic heterocycles. The van der Waals surface area contributed by atoms with Crippen LogP contribution in [-0.2, 0) is 16.0 Å². The Labute approximate surface area is 218 Å². The number of carbonyl (C=O) groups excluding carboxylic acids is 2. The van der Waals surface area contributed by atoms with Crippen LogP contribution in [0, 0.1) is 25.2 Å². The molecular weight excluding hydrogens is 474 g/mol. The lowest BCUT2D eigenvalue weighted by Crippen LogP contribution is -2.61. The Balaban J connectivity index is 0.00000361. The number of imidazole rings is 1. The molecule has 1 aromatic heterocycles. The van der Waals surface area contributed by atoms with Crippen LogP contribution in [0.1, 0.15) is 60.2 Å². The standard InChI is InChI=1S/C28H31N5O2.ClH/c1-4-5-8-23-17-32(25-9-6-7-19(2)20(25)3)27(34)28(35)33(23)26(24-16-30-18-31-24)14-21-10-12-22(15-29)13-11-21;/h6-7,9-13,16,18,23,26H,4-5,8,14,17H2,1-3H3,(H,30,31);1H/t23?,26-;/m0./s1. The van der Waals surface area contributed by atoms with E-state index in [2.05, 4.69) is 23.0 Å². The predicted octanol–water partition coefficient (Wildman–Crippen LogP) is 5.04. The molecule has 3 aromatic rings. The molecule has 1 fully saturated rings. The number of hydrogen-bond donors (Lipinski definition) is 1. The lowest BCUT2D eigenvalue weighted by molar-refractivity contribution is -0.151. The summed E-state index contributed by atoms with van der Waals surface area (Å²) in [6, 6.07) is 14.9. The number of carbonyl (C=O) groups is 2. The summed E-state index contributed by atoms with van der Waals surface area (Å²) in [6.45, 7) is 6.59. The highest BCUT2D eigenvalue weighted by Crippen LogP contribution is 2.34. The van der Waals surface area contributed by atoms with E-state index in [1.165, 1.54) is 0 Å². The highest BCUT2D eigenvalue weighted by molar-refractivity contribution is 6.41. The first-order valence-corrected chi connectivity index (χ1v) is 12.1. The summed E-state index contributed by atoms with van der Waals surface area (Å²) in [7, 11) is 0. The monoisotopic (exact) mass is 505 g/mol. The minimum absolute atomic E-state index is 0. The fourth-order valence-corrected chi connectivity index (χ4v) is 4.82. The molecule has 2 amide bonds. The van der Waals surface area contributed by atoms with Gasteiger partial charge in [0.15, 0.2) is 0 Å². The second-order valence-corrected chi connectivity index (χ2v) is 9.18. The molecule has 2 heterocycles. The molecule has 0 spiro atoms. The summed E-state index contributed by atoms with van der Waals surface area (Å²) >= 11 is 0. The van der Waals surface area contributed by atoms with Gasteiger partial charge in [0.1, 0.15) is 0 Å². The number of amides is 2. The van der Waals surface area contributed by atoms with Crippen LogP contribution >= 0.6 is 12.4 Å². The van der Waals surface area contributed by atoms with Gasteiger partial charge >= 0.3 is 11.8 Å². The second-order valence-electron chi connectivity index (χ2n) is 9.18. The molecule has 2 aromatic carbocycles. The van der Waals surface area contributed by atoms with Crippen molar-refractivity contribution in [2.75, 3.05) is 11.4 Å². The smallest absolute Gasteiger partial charge is 0.316 e. The number of unbranched alkanes of at least 4 members (excludes halogenated alkanes) is 1. The van der Waals surface area contributed by atoms with Gasteiger partial charge < -0.3 is 14.8 Å². The number of rotatable bonds is 8. The van der Waals surface area contributed by atoms with E-state index in [0.29, 0.717) is 18.5 Å². The van der Waals surface area contributed by atoms with Gasteiger partial charge in [-0.1, -0.05) is 44.0 Å². The molecular formula is C28H32ClN5O2. The van der Waals surface area contributed by atoms with E-state index in [9.17, 15) is 9.59 Å². The SMILES string of the molecule is CCCCC1CN(c2cccc(C)c2C)C(=O)C(=O)N1[C@@H](Cc1ccc(C#N)cc1)c1cnc[nH]1.Cl. The van der Waals surface area contributed by atoms with E-state index in [0.717, 1.165) is 47.3 Å². The van der Waals surface area contributed by atoms with Crippen molar-refractivity contribution >= 4 is 29.9 Å². The van der Waals surface area contributed by atoms with E-state index in [4.69, 9.17) is 5.26 Å². The molecule has 36 heavy (non-hydrogen) atoms. The third-order valence-corrected chi connectivity index (χ3v) is 6.93. The maximum Gasteiger partial charge on any atom is 0.316 e. The van der Waals surface area contributed by atoms with Crippen molar-refractivity contribution in [3.63, 3.8) is 0 Å². The van der Waals surface area contributed by atoms with Crippen molar-refractivity contribution in [1.29, 1.82) is 5.26 Å². The number of aromatic amines is 1. The van der Waals surface area contributed by atoms with Crippen LogP contribution in [0.25, 0.3) is 0 Å². The van der Waals surface area contributed by atoms with Gasteiger partial charge in [-0.3, -0.25) is 9.59 Å². The largest absolute Gasteiger partial charge is 0.347 e. The Bertz CT molecular complexity index is 1230. The molecule has 8 heteroatoms. The lowest BCUT2D eigenvalue weighted by Gasteiger charge is -2.44. The van der Waals surface area contributed by atoms with E-state index in [1.807, 2.05) is 44.2 Å². The zero-order valence-corrected chi connectivity index (χ0v) is 21.7. The minimum Gasteiger partial charge on any atom is -0.347 e. The van der Waals surface area contributed by atoms with Crippen LogP contribution in [0.15, 0.2) is 55.0 Å². The molecule has 0 saturated carbocycles. The van der Waals surface area contributed by atoms with Gasteiger partial charge in [0.05, 0.1) is 41.9 Å². The fraction of sp³-hybridized carbons (Fsp3) is 0.357. The molecule has 1 saturated heterocycles. The molecule has 1 N–H and O–H groups in total. The molecule has 2 atom stereocenters. The van der Waals surface area contributed by atoms with Crippen molar-refractivity contribution in [1.82, 2.24) is 14.9 Å². The summed E-state index contributed by atoms with van der Waals surface area (Å²) in [6.07, 6.45) is 6.59. The van der Waals surface area contributed by atoms with Gasteiger partial charge in [-0.15, -0.1) is 12.4 Å². The van der Waals surface area contributed by atoms with Crippen LogP contribution in [0.5, 0.6) is 0 Å². The zero-order valence-electron chi connectivity index (χ0n) is 20.9. The average molecular weight is 506 g/mol. The van der Waals surface area contributed by atoms with Crippen molar-refractivity contribution in [2.24, 2.45) is 0 Å². The second kappa shape index (κ2) is 11.9. The van der Waals surface area contributed by atoms with Crippen molar-refractivity contribution < 1.29 is 9.59 Å². The summed E-state index contributed by atoms with van der Waals surface area (Å²) in [5.41, 5.74) is 5.26. The molecule has 188 valence electrons. The van der Waals surface area contributed by atoms with Crippen LogP contribution in [0.3, 0.4) is 0 Å². The number of aromatic nitrogens is 2. The number of benzene rings is 2. The van der Waals surface area contributed by atoms with Crippen LogP contribution in [0.4, 0.5) is 5.69 Å². The molecule has 4 rings (SSSR count). The van der Waals surface area contributed by atoms with Gasteiger partial charge in [-0.2, -0.15) is 5.26 Å². The summed E-state index contributed by atoms with van der Waals surface area (Å²) in [4.78, 5) is 38.1. The number of H-pyrrole nitrogens is 1. The van der Waals surface area contributed by atoms with Crippen LogP contribution in [-0.4, -0.2) is 39.3 Å². The normalized spacial score (nSPS) is 16.4. The summed E-state index contributed by atoms with van der Waals surface area (Å²) in [5, 5.41) is 9.14. The maximum absolute atomic E-state index is 13.8. The van der Waals surface area contributed by atoms with Gasteiger partial charge in [0, 0.05) is 12.2 Å². The van der Waals surface area contributed by atoms with Crippen LogP contribution in [0.2, 0.25) is 0 Å². The highest BCUT2D eigenvalue weighted by Gasteiger charge is 2.43. The molecule has 1 unspecified atom stereocenters. The summed E-state index contributed by atoms with van der Waals surface area (Å²) in [5.74, 6) is -0.998. The van der Waals surface area contributed by atoms with E-state index < -0.39 is 11.8 Å². The highest BCUT2D eigenvalue weighted by atomic mass is 35.5. The van der Waals surface area contributed by atoms with Gasteiger partial charge in [0.25, 0.3) is 0 Å². The molecule has 1 aliphatic rings. The number of halogens is 1. The number of nitriles is 1. The Morgan fingerprint density at radius 2 is 1.89 bits per heavy atom. The Kier molecular flexibility index (Phi) is 8.89. The van der Waals surface area contributed by atoms with Crippen LogP contribution < -0.4 is 4.90 Å². The first kappa shape index (κ1) is 27.0. The first-order chi connectivity index (χ1) is 16.9. The minimum atomic E-state index is -0.504. The number of nitrogens with one attached hydrogen (secondary N) is 1. The Morgan fingerprint density at radius 1 is 1.14 bits per heavy atom. The van der Waals surface area contributed by atoms with Crippen molar-refractivity contribution in [3.05, 3.63) is 82.9 Å². The number of aryl methyl sites for hydroxylation is 1. The summed E-state index contributed by atoms with van der Waals surface area (Å²) < 4.78 is 0. The molecule has 0 bridgehead atoms. The third kappa shape index (κ3) is 5.44. The average Bonchev–Trinajstić information content (AvgIpc) is 3.41. The molecule has 7 nitrogen and oxygen atoms in total.